The predicted octanol–water partition coefficient (Wildman–Crippen LogP) is 1.20. The van der Waals surface area contributed by atoms with Gasteiger partial charge >= 0.3 is 6.09 Å². The van der Waals surface area contributed by atoms with E-state index in [0.717, 1.165) is 12.8 Å². The number of ketones is 1. The highest BCUT2D eigenvalue weighted by molar-refractivity contribution is 5.87. The summed E-state index contributed by atoms with van der Waals surface area (Å²) in [6, 6.07) is 0. The van der Waals surface area contributed by atoms with Crippen LogP contribution in [0.3, 0.4) is 0 Å². The van der Waals surface area contributed by atoms with Gasteiger partial charge in [-0.3, -0.25) is 4.79 Å². The number of Topliss-reactive ketones (excluding diaryl/α,β-unsaturated/α-hetero) is 1. The normalized spacial score (nSPS) is 16.4. The molecule has 1 saturated heterocycles. The van der Waals surface area contributed by atoms with Crippen LogP contribution < -0.4 is 0 Å². The number of likely N-dealkylation sites (tertiary alicyclic amines) is 1. The van der Waals surface area contributed by atoms with Crippen LogP contribution >= 0.6 is 0 Å². The van der Waals surface area contributed by atoms with Crippen LogP contribution in [0.15, 0.2) is 0 Å². The number of carbonyl (C=O) groups excluding carboxylic acids is 2. The molecule has 4 heteroatoms. The lowest BCUT2D eigenvalue weighted by molar-refractivity contribution is -0.116. The minimum absolute atomic E-state index is 0.118. The van der Waals surface area contributed by atoms with Crippen molar-refractivity contribution < 1.29 is 14.3 Å². The van der Waals surface area contributed by atoms with Crippen molar-refractivity contribution in [3.05, 3.63) is 0 Å². The maximum atomic E-state index is 11.2. The van der Waals surface area contributed by atoms with Crippen LogP contribution in [0.5, 0.6) is 0 Å². The summed E-state index contributed by atoms with van der Waals surface area (Å²) in [4.78, 5) is 23.5. The van der Waals surface area contributed by atoms with Crippen molar-refractivity contribution in [2.24, 2.45) is 0 Å². The highest BCUT2D eigenvalue weighted by atomic mass is 16.6. The summed E-state index contributed by atoms with van der Waals surface area (Å²) in [5.74, 6) is 0.118. The lowest BCUT2D eigenvalue weighted by Gasteiger charge is -2.13. The fourth-order valence-corrected chi connectivity index (χ4v) is 1.18. The Kier molecular flexibility index (Phi) is 3.73. The molecule has 0 atom stereocenters. The quantitative estimate of drug-likeness (QED) is 0.620. The summed E-state index contributed by atoms with van der Waals surface area (Å²) in [5, 5.41) is 0. The molecule has 4 nitrogen and oxygen atoms in total. The van der Waals surface area contributed by atoms with E-state index in [0.29, 0.717) is 19.6 Å². The molecule has 1 amide bonds. The highest BCUT2D eigenvalue weighted by Gasteiger charge is 2.24. The molecular weight excluding hydrogens is 170 g/mol. The van der Waals surface area contributed by atoms with Gasteiger partial charge in [-0.05, 0) is 6.42 Å². The van der Waals surface area contributed by atoms with E-state index < -0.39 is 0 Å². The Hall–Kier alpha value is -1.06. The third-order valence-corrected chi connectivity index (χ3v) is 2.01. The van der Waals surface area contributed by atoms with Crippen LogP contribution in [-0.4, -0.2) is 36.5 Å². The molecule has 0 N–H and O–H groups in total. The largest absolute Gasteiger partial charge is 0.449 e. The Balaban J connectivity index is 2.20. The van der Waals surface area contributed by atoms with Gasteiger partial charge in [0.05, 0.1) is 13.2 Å². The maximum Gasteiger partial charge on any atom is 0.410 e. The molecule has 0 radical (unpaired) electrons. The number of rotatable bonds is 3. The van der Waals surface area contributed by atoms with E-state index in [1.165, 1.54) is 4.90 Å². The van der Waals surface area contributed by atoms with E-state index in [-0.39, 0.29) is 18.4 Å². The molecule has 1 aliphatic rings. The lowest BCUT2D eigenvalue weighted by atomic mass is 10.4. The Labute approximate surface area is 77.8 Å². The first-order valence-corrected chi connectivity index (χ1v) is 4.67. The summed E-state index contributed by atoms with van der Waals surface area (Å²) in [7, 11) is 0. The van der Waals surface area contributed by atoms with E-state index >= 15 is 0 Å². The number of amides is 1. The van der Waals surface area contributed by atoms with E-state index in [4.69, 9.17) is 4.74 Å². The van der Waals surface area contributed by atoms with Crippen molar-refractivity contribution >= 4 is 11.9 Å². The van der Waals surface area contributed by atoms with E-state index in [2.05, 4.69) is 0 Å². The number of hydrogen-bond acceptors (Lipinski definition) is 3. The zero-order valence-electron chi connectivity index (χ0n) is 7.91. The van der Waals surface area contributed by atoms with E-state index in [1.54, 1.807) is 0 Å². The van der Waals surface area contributed by atoms with Crippen LogP contribution in [0.4, 0.5) is 4.79 Å². The first-order chi connectivity index (χ1) is 6.24. The van der Waals surface area contributed by atoms with Gasteiger partial charge in [0, 0.05) is 13.0 Å². The predicted molar refractivity (Wildman–Crippen MR) is 47.5 cm³/mol. The van der Waals surface area contributed by atoms with Gasteiger partial charge in [0.15, 0.2) is 5.78 Å². The Bertz CT molecular complexity index is 203. The molecule has 0 unspecified atom stereocenters. The van der Waals surface area contributed by atoms with Crippen LogP contribution in [0.2, 0.25) is 0 Å². The molecule has 1 rings (SSSR count). The molecule has 0 aromatic carbocycles. The summed E-state index contributed by atoms with van der Waals surface area (Å²) in [6.07, 6.45) is 2.02. The van der Waals surface area contributed by atoms with Crippen molar-refractivity contribution in [2.75, 3.05) is 19.7 Å². The molecule has 0 bridgehead atoms. The van der Waals surface area contributed by atoms with Crippen molar-refractivity contribution in [3.8, 4) is 0 Å². The molecule has 0 aliphatic carbocycles. The number of unbranched alkanes of at least 4 members (excludes halogenated alkanes) is 1. The molecule has 0 spiro atoms. The molecule has 1 heterocycles. The second kappa shape index (κ2) is 4.84. The number of carbonyl (C=O) groups is 2. The van der Waals surface area contributed by atoms with Gasteiger partial charge in [-0.1, -0.05) is 13.3 Å². The minimum atomic E-state index is -0.348. The van der Waals surface area contributed by atoms with Crippen LogP contribution in [0, 0.1) is 0 Å². The third kappa shape index (κ3) is 3.05. The molecule has 0 saturated carbocycles. The van der Waals surface area contributed by atoms with Gasteiger partial charge in [-0.25, -0.2) is 4.79 Å². The van der Waals surface area contributed by atoms with Crippen molar-refractivity contribution in [1.82, 2.24) is 4.90 Å². The molecule has 1 aliphatic heterocycles. The Morgan fingerprint density at radius 1 is 1.62 bits per heavy atom. The molecule has 0 aromatic heterocycles. The molecular formula is C9H15NO3. The molecule has 13 heavy (non-hydrogen) atoms. The number of nitrogens with zero attached hydrogens (tertiary/aromatic N) is 1. The van der Waals surface area contributed by atoms with Gasteiger partial charge in [0.2, 0.25) is 0 Å². The first-order valence-electron chi connectivity index (χ1n) is 4.67. The maximum absolute atomic E-state index is 11.2. The summed E-state index contributed by atoms with van der Waals surface area (Å²) in [6.45, 7) is 3.24. The minimum Gasteiger partial charge on any atom is -0.449 e. The van der Waals surface area contributed by atoms with Crippen LogP contribution in [-0.2, 0) is 9.53 Å². The molecule has 1 fully saturated rings. The monoisotopic (exact) mass is 185 g/mol. The average Bonchev–Trinajstić information content (AvgIpc) is 2.52. The van der Waals surface area contributed by atoms with Gasteiger partial charge in [0.1, 0.15) is 0 Å². The second-order valence-corrected chi connectivity index (χ2v) is 3.18. The second-order valence-electron chi connectivity index (χ2n) is 3.18. The van der Waals surface area contributed by atoms with E-state index in [1.807, 2.05) is 6.92 Å². The van der Waals surface area contributed by atoms with Crippen LogP contribution in [0.1, 0.15) is 26.2 Å². The fraction of sp³-hybridized carbons (Fsp3) is 0.778. The standard InChI is InChI=1S/C9H15NO3/c1-2-3-6-13-9(12)10-5-4-8(11)7-10/h2-7H2,1H3. The molecule has 0 aromatic rings. The highest BCUT2D eigenvalue weighted by Crippen LogP contribution is 2.06. The first kappa shape index (κ1) is 10.0. The Morgan fingerprint density at radius 2 is 2.38 bits per heavy atom. The van der Waals surface area contributed by atoms with Crippen molar-refractivity contribution in [3.63, 3.8) is 0 Å². The summed E-state index contributed by atoms with van der Waals surface area (Å²) < 4.78 is 4.95. The van der Waals surface area contributed by atoms with Gasteiger partial charge in [0.25, 0.3) is 0 Å². The van der Waals surface area contributed by atoms with Crippen LogP contribution in [0.25, 0.3) is 0 Å². The summed E-state index contributed by atoms with van der Waals surface area (Å²) in [5.41, 5.74) is 0. The van der Waals surface area contributed by atoms with Gasteiger partial charge in [-0.2, -0.15) is 0 Å². The number of hydrogen-bond donors (Lipinski definition) is 0. The zero-order chi connectivity index (χ0) is 9.68. The Morgan fingerprint density at radius 3 is 2.92 bits per heavy atom. The van der Waals surface area contributed by atoms with Crippen molar-refractivity contribution in [2.45, 2.75) is 26.2 Å². The topological polar surface area (TPSA) is 46.6 Å². The number of ether oxygens (including phenoxy) is 1. The van der Waals surface area contributed by atoms with Crippen molar-refractivity contribution in [1.29, 1.82) is 0 Å². The average molecular weight is 185 g/mol. The van der Waals surface area contributed by atoms with Gasteiger partial charge < -0.3 is 9.64 Å². The fourth-order valence-electron chi connectivity index (χ4n) is 1.18. The smallest absolute Gasteiger partial charge is 0.410 e. The third-order valence-electron chi connectivity index (χ3n) is 2.01. The van der Waals surface area contributed by atoms with E-state index in [9.17, 15) is 9.59 Å². The molecule has 74 valence electrons. The lowest BCUT2D eigenvalue weighted by Crippen LogP contribution is -2.29. The summed E-state index contributed by atoms with van der Waals surface area (Å²) >= 11 is 0. The van der Waals surface area contributed by atoms with Gasteiger partial charge in [-0.15, -0.1) is 0 Å². The SMILES string of the molecule is CCCCOC(=O)N1CCC(=O)C1. The zero-order valence-corrected chi connectivity index (χ0v) is 7.91.